The number of nitrogens with one attached hydrogen (secondary N) is 1. The van der Waals surface area contributed by atoms with Gasteiger partial charge in [0, 0.05) is 28.3 Å². The van der Waals surface area contributed by atoms with E-state index in [4.69, 9.17) is 9.90 Å². The van der Waals surface area contributed by atoms with Crippen LogP contribution in [0.1, 0.15) is 25.5 Å². The number of benzene rings is 2. The number of aliphatic carboxylic acids is 1. The first-order valence-electron chi connectivity index (χ1n) is 9.92. The molecule has 0 aliphatic heterocycles. The highest BCUT2D eigenvalue weighted by atomic mass is 32.2. The molecule has 6 nitrogen and oxygen atoms in total. The van der Waals surface area contributed by atoms with Crippen LogP contribution in [0.2, 0.25) is 0 Å². The van der Waals surface area contributed by atoms with E-state index in [0.29, 0.717) is 17.6 Å². The zero-order valence-electron chi connectivity index (χ0n) is 18.0. The van der Waals surface area contributed by atoms with E-state index in [9.17, 15) is 18.3 Å². The number of carbonyl (C=O) groups is 1. The fourth-order valence-corrected chi connectivity index (χ4v) is 3.42. The van der Waals surface area contributed by atoms with E-state index in [2.05, 4.69) is 53.4 Å². The molecule has 10 heteroatoms. The molecular weight excluding hydrogens is 455 g/mol. The van der Waals surface area contributed by atoms with Crippen molar-refractivity contribution in [2.24, 2.45) is 0 Å². The van der Waals surface area contributed by atoms with Crippen LogP contribution in [0, 0.1) is 0 Å². The van der Waals surface area contributed by atoms with Crippen molar-refractivity contribution in [3.05, 3.63) is 72.6 Å². The Labute approximate surface area is 193 Å². The largest absolute Gasteiger partial charge is 0.490 e. The van der Waals surface area contributed by atoms with Gasteiger partial charge in [0.15, 0.2) is 0 Å². The molecular formula is C23H24F3N3O3S. The standard InChI is InChI=1S/C21H23N3OS.C2HF3O2/c1-15(2)26-18-10-8-16(9-11-18)19-12-21(24-14-23-19)22-13-20(25)17-6-4-3-5-7-17;3-2(4,5)1(6)7/h3-12,14-15,20,25H,13H2,1-2H3,(H,22,23,24);(H,6,7)/t20-;/m0./s1. The van der Waals surface area contributed by atoms with E-state index in [-0.39, 0.29) is 0 Å². The number of hydrogen-bond acceptors (Lipinski definition) is 6. The highest BCUT2D eigenvalue weighted by Gasteiger charge is 2.38. The summed E-state index contributed by atoms with van der Waals surface area (Å²) >= 11 is 1.84. The Kier molecular flexibility index (Phi) is 9.68. The molecule has 3 rings (SSSR count). The number of aliphatic hydroxyl groups excluding tert-OH is 1. The number of anilines is 1. The predicted octanol–water partition coefficient (Wildman–Crippen LogP) is 5.42. The van der Waals surface area contributed by atoms with E-state index < -0.39 is 18.2 Å². The molecule has 0 unspecified atom stereocenters. The summed E-state index contributed by atoms with van der Waals surface area (Å²) < 4.78 is 31.7. The van der Waals surface area contributed by atoms with E-state index in [1.165, 1.54) is 4.90 Å². The minimum Gasteiger partial charge on any atom is -0.475 e. The molecule has 1 heterocycles. The number of halogens is 3. The fraction of sp³-hybridized carbons (Fsp3) is 0.261. The molecule has 0 spiro atoms. The van der Waals surface area contributed by atoms with Crippen molar-refractivity contribution in [3.8, 4) is 11.3 Å². The fourth-order valence-electron chi connectivity index (χ4n) is 2.58. The highest BCUT2D eigenvalue weighted by molar-refractivity contribution is 7.99. The molecule has 0 saturated heterocycles. The molecule has 0 aliphatic carbocycles. The maximum atomic E-state index is 10.6. The van der Waals surface area contributed by atoms with Crippen LogP contribution in [0.25, 0.3) is 11.3 Å². The van der Waals surface area contributed by atoms with Crippen LogP contribution in [0.4, 0.5) is 19.0 Å². The van der Waals surface area contributed by atoms with E-state index in [0.717, 1.165) is 16.8 Å². The van der Waals surface area contributed by atoms with Gasteiger partial charge in [-0.25, -0.2) is 14.8 Å². The van der Waals surface area contributed by atoms with Gasteiger partial charge in [0.1, 0.15) is 12.1 Å². The molecule has 3 aromatic rings. The second-order valence-corrected chi connectivity index (χ2v) is 8.74. The van der Waals surface area contributed by atoms with Gasteiger partial charge in [0.05, 0.1) is 11.8 Å². The number of nitrogens with zero attached hydrogens (tertiary/aromatic N) is 2. The summed E-state index contributed by atoms with van der Waals surface area (Å²) in [4.78, 5) is 18.8. The number of hydrogen-bond donors (Lipinski definition) is 3. The SMILES string of the molecule is CC(C)Sc1ccc(-c2cc(NC[C@H](O)c3ccccc3)ncn2)cc1.O=C(O)C(F)(F)F. The smallest absolute Gasteiger partial charge is 0.475 e. The van der Waals surface area contributed by atoms with E-state index >= 15 is 0 Å². The lowest BCUT2D eigenvalue weighted by atomic mass is 10.1. The summed E-state index contributed by atoms with van der Waals surface area (Å²) in [7, 11) is 0. The third kappa shape index (κ3) is 9.11. The lowest BCUT2D eigenvalue weighted by molar-refractivity contribution is -0.192. The molecule has 2 aromatic carbocycles. The monoisotopic (exact) mass is 479 g/mol. The zero-order chi connectivity index (χ0) is 24.4. The molecule has 0 bridgehead atoms. The van der Waals surface area contributed by atoms with Crippen LogP contribution in [-0.2, 0) is 4.79 Å². The van der Waals surface area contributed by atoms with Gasteiger partial charge >= 0.3 is 12.1 Å². The Morgan fingerprint density at radius 1 is 1.06 bits per heavy atom. The maximum absolute atomic E-state index is 10.6. The van der Waals surface area contributed by atoms with Crippen LogP contribution in [0.5, 0.6) is 0 Å². The number of carboxylic acid groups (broad SMARTS) is 1. The Balaban J connectivity index is 0.000000479. The minimum atomic E-state index is -5.08. The third-order valence-electron chi connectivity index (χ3n) is 4.09. The first-order chi connectivity index (χ1) is 15.6. The first-order valence-corrected chi connectivity index (χ1v) is 10.8. The average molecular weight is 480 g/mol. The number of thioether (sulfide) groups is 1. The Hall–Kier alpha value is -3.11. The topological polar surface area (TPSA) is 95.3 Å². The van der Waals surface area contributed by atoms with Gasteiger partial charge in [-0.3, -0.25) is 0 Å². The summed E-state index contributed by atoms with van der Waals surface area (Å²) in [6.45, 7) is 4.76. The molecule has 1 aromatic heterocycles. The minimum absolute atomic E-state index is 0.393. The van der Waals surface area contributed by atoms with Gasteiger partial charge in [-0.05, 0) is 17.7 Å². The highest BCUT2D eigenvalue weighted by Crippen LogP contribution is 2.26. The molecule has 176 valence electrons. The number of aromatic nitrogens is 2. The lowest BCUT2D eigenvalue weighted by Gasteiger charge is -2.13. The van der Waals surface area contributed by atoms with Crippen molar-refractivity contribution in [2.45, 2.75) is 36.3 Å². The van der Waals surface area contributed by atoms with Crippen LogP contribution in [0.3, 0.4) is 0 Å². The van der Waals surface area contributed by atoms with E-state index in [1.54, 1.807) is 6.33 Å². The third-order valence-corrected chi connectivity index (χ3v) is 5.11. The molecule has 33 heavy (non-hydrogen) atoms. The quantitative estimate of drug-likeness (QED) is 0.389. The summed E-state index contributed by atoms with van der Waals surface area (Å²) in [6, 6.07) is 19.9. The molecule has 1 atom stereocenters. The van der Waals surface area contributed by atoms with Crippen LogP contribution >= 0.6 is 11.8 Å². The number of rotatable bonds is 7. The van der Waals surface area contributed by atoms with Gasteiger partial charge in [-0.1, -0.05) is 56.3 Å². The summed E-state index contributed by atoms with van der Waals surface area (Å²) in [5.74, 6) is -2.06. The normalized spacial score (nSPS) is 12.0. The summed E-state index contributed by atoms with van der Waals surface area (Å²) in [5.41, 5.74) is 2.79. The van der Waals surface area contributed by atoms with Crippen molar-refractivity contribution in [3.63, 3.8) is 0 Å². The molecule has 3 N–H and O–H groups in total. The molecule has 0 fully saturated rings. The van der Waals surface area contributed by atoms with Gasteiger partial charge < -0.3 is 15.5 Å². The number of carboxylic acids is 1. The molecule has 0 saturated carbocycles. The molecule has 0 aliphatic rings. The van der Waals surface area contributed by atoms with Crippen molar-refractivity contribution in [2.75, 3.05) is 11.9 Å². The average Bonchev–Trinajstić information content (AvgIpc) is 2.78. The van der Waals surface area contributed by atoms with Crippen molar-refractivity contribution >= 4 is 23.5 Å². The lowest BCUT2D eigenvalue weighted by Crippen LogP contribution is -2.21. The van der Waals surface area contributed by atoms with Crippen molar-refractivity contribution < 1.29 is 28.2 Å². The zero-order valence-corrected chi connectivity index (χ0v) is 18.8. The van der Waals surface area contributed by atoms with Gasteiger partial charge in [-0.2, -0.15) is 13.2 Å². The van der Waals surface area contributed by atoms with E-state index in [1.807, 2.05) is 48.2 Å². The second-order valence-electron chi connectivity index (χ2n) is 7.09. The summed E-state index contributed by atoms with van der Waals surface area (Å²) in [5, 5.41) is 21.1. The number of aliphatic hydroxyl groups is 1. The van der Waals surface area contributed by atoms with Gasteiger partial charge in [0.25, 0.3) is 0 Å². The first kappa shape index (κ1) is 26.1. The van der Waals surface area contributed by atoms with Gasteiger partial charge in [0.2, 0.25) is 0 Å². The predicted molar refractivity (Wildman–Crippen MR) is 122 cm³/mol. The number of alkyl halides is 3. The molecule has 0 amide bonds. The van der Waals surface area contributed by atoms with Crippen molar-refractivity contribution in [1.29, 1.82) is 0 Å². The second kappa shape index (κ2) is 12.2. The Morgan fingerprint density at radius 2 is 1.67 bits per heavy atom. The Morgan fingerprint density at radius 3 is 2.21 bits per heavy atom. The maximum Gasteiger partial charge on any atom is 0.490 e. The van der Waals surface area contributed by atoms with Crippen LogP contribution < -0.4 is 5.32 Å². The Bertz CT molecular complexity index is 1020. The van der Waals surface area contributed by atoms with Gasteiger partial charge in [-0.15, -0.1) is 11.8 Å². The van der Waals surface area contributed by atoms with Crippen LogP contribution in [0.15, 0.2) is 71.9 Å². The molecule has 0 radical (unpaired) electrons. The summed E-state index contributed by atoms with van der Waals surface area (Å²) in [6.07, 6.45) is -4.12. The van der Waals surface area contributed by atoms with Crippen LogP contribution in [-0.4, -0.2) is 44.1 Å². The van der Waals surface area contributed by atoms with Crippen molar-refractivity contribution in [1.82, 2.24) is 9.97 Å².